The smallest absolute Gasteiger partial charge is 0.384 e. The predicted molar refractivity (Wildman–Crippen MR) is 73.0 cm³/mol. The summed E-state index contributed by atoms with van der Waals surface area (Å²) in [6, 6.07) is 8.97. The van der Waals surface area contributed by atoms with Crippen LogP contribution in [0.3, 0.4) is 0 Å². The Kier molecular flexibility index (Phi) is 4.22. The summed E-state index contributed by atoms with van der Waals surface area (Å²) in [7, 11) is 0. The van der Waals surface area contributed by atoms with Crippen LogP contribution in [0.15, 0.2) is 52.3 Å². The van der Waals surface area contributed by atoms with Crippen LogP contribution in [0.1, 0.15) is 11.1 Å². The maximum absolute atomic E-state index is 13.0. The van der Waals surface area contributed by atoms with Gasteiger partial charge >= 0.3 is 6.18 Å². The highest BCUT2D eigenvalue weighted by Gasteiger charge is 2.34. The van der Waals surface area contributed by atoms with Crippen LogP contribution < -0.4 is 5.73 Å². The number of alkyl halides is 3. The van der Waals surface area contributed by atoms with Crippen molar-refractivity contribution in [3.8, 4) is 0 Å². The fraction of sp³-hybridized carbons (Fsp3) is 0.0714. The third kappa shape index (κ3) is 3.75. The Balaban J connectivity index is 2.38. The van der Waals surface area contributed by atoms with Crippen LogP contribution in [0.2, 0.25) is 0 Å². The second-order valence-electron chi connectivity index (χ2n) is 4.17. The minimum absolute atomic E-state index is 0.332. The van der Waals surface area contributed by atoms with Gasteiger partial charge in [-0.25, -0.2) is 4.39 Å². The molecular weight excluding hydrogens is 304 g/mol. The summed E-state index contributed by atoms with van der Waals surface area (Å²) in [4.78, 5) is 0.944. The second-order valence-corrected chi connectivity index (χ2v) is 5.32. The molecule has 21 heavy (non-hydrogen) atoms. The van der Waals surface area contributed by atoms with E-state index in [9.17, 15) is 17.6 Å². The van der Waals surface area contributed by atoms with Gasteiger partial charge in [-0.3, -0.25) is 5.41 Å². The highest BCUT2D eigenvalue weighted by Crippen LogP contribution is 2.36. The first-order valence-electron chi connectivity index (χ1n) is 5.76. The van der Waals surface area contributed by atoms with Crippen molar-refractivity contribution in [1.29, 1.82) is 5.41 Å². The van der Waals surface area contributed by atoms with Crippen molar-refractivity contribution < 1.29 is 17.6 Å². The van der Waals surface area contributed by atoms with Crippen molar-refractivity contribution in [3.63, 3.8) is 0 Å². The van der Waals surface area contributed by atoms with E-state index in [0.717, 1.165) is 23.9 Å². The first-order chi connectivity index (χ1) is 9.77. The van der Waals surface area contributed by atoms with Crippen molar-refractivity contribution in [1.82, 2.24) is 0 Å². The summed E-state index contributed by atoms with van der Waals surface area (Å²) in [5.74, 6) is -1.05. The lowest BCUT2D eigenvalue weighted by Gasteiger charge is -2.13. The van der Waals surface area contributed by atoms with Crippen molar-refractivity contribution in [2.75, 3.05) is 0 Å². The molecule has 0 radical (unpaired) electrons. The summed E-state index contributed by atoms with van der Waals surface area (Å²) in [6.45, 7) is 0. The van der Waals surface area contributed by atoms with Gasteiger partial charge in [0.25, 0.3) is 0 Å². The van der Waals surface area contributed by atoms with Crippen LogP contribution in [0, 0.1) is 11.2 Å². The van der Waals surface area contributed by atoms with E-state index < -0.39 is 23.4 Å². The molecule has 7 heteroatoms. The van der Waals surface area contributed by atoms with Gasteiger partial charge in [-0.1, -0.05) is 11.8 Å². The molecule has 2 aromatic carbocycles. The van der Waals surface area contributed by atoms with Gasteiger partial charge in [0, 0.05) is 15.4 Å². The molecule has 0 aliphatic heterocycles. The van der Waals surface area contributed by atoms with Crippen LogP contribution in [0.4, 0.5) is 17.6 Å². The molecule has 0 spiro atoms. The van der Waals surface area contributed by atoms with E-state index in [1.165, 1.54) is 30.3 Å². The zero-order valence-electron chi connectivity index (χ0n) is 10.5. The molecule has 0 fully saturated rings. The molecule has 0 heterocycles. The highest BCUT2D eigenvalue weighted by atomic mass is 32.2. The lowest BCUT2D eigenvalue weighted by Crippen LogP contribution is -2.18. The molecule has 0 aliphatic rings. The van der Waals surface area contributed by atoms with Crippen molar-refractivity contribution in [3.05, 3.63) is 59.4 Å². The van der Waals surface area contributed by atoms with E-state index >= 15 is 0 Å². The van der Waals surface area contributed by atoms with Gasteiger partial charge in [0.05, 0.1) is 5.56 Å². The van der Waals surface area contributed by atoms with Gasteiger partial charge in [0.1, 0.15) is 11.7 Å². The maximum Gasteiger partial charge on any atom is 0.417 e. The van der Waals surface area contributed by atoms with Gasteiger partial charge in [0.15, 0.2) is 0 Å². The molecule has 0 amide bonds. The first-order valence-corrected chi connectivity index (χ1v) is 6.58. The number of nitrogens with two attached hydrogens (primary N) is 1. The molecule has 2 rings (SSSR count). The number of hydrogen-bond acceptors (Lipinski definition) is 2. The van der Waals surface area contributed by atoms with E-state index in [1.54, 1.807) is 0 Å². The molecule has 2 aromatic rings. The molecular formula is C14H10F4N2S. The number of rotatable bonds is 3. The fourth-order valence-electron chi connectivity index (χ4n) is 1.69. The Bertz CT molecular complexity index is 666. The molecule has 0 saturated heterocycles. The summed E-state index contributed by atoms with van der Waals surface area (Å²) in [5.41, 5.74) is 3.85. The van der Waals surface area contributed by atoms with Crippen LogP contribution >= 0.6 is 11.8 Å². The number of benzene rings is 2. The van der Waals surface area contributed by atoms with Gasteiger partial charge in [-0.05, 0) is 42.5 Å². The third-order valence-corrected chi connectivity index (χ3v) is 3.63. The van der Waals surface area contributed by atoms with Gasteiger partial charge in [-0.2, -0.15) is 13.2 Å². The molecule has 110 valence electrons. The molecule has 2 nitrogen and oxygen atoms in total. The maximum atomic E-state index is 13.0. The Morgan fingerprint density at radius 1 is 1.00 bits per heavy atom. The predicted octanol–water partition coefficient (Wildman–Crippen LogP) is 4.28. The van der Waals surface area contributed by atoms with Gasteiger partial charge in [0.2, 0.25) is 0 Å². The number of halogens is 4. The number of hydrogen-bond donors (Lipinski definition) is 2. The highest BCUT2D eigenvalue weighted by molar-refractivity contribution is 7.99. The Morgan fingerprint density at radius 3 is 2.10 bits per heavy atom. The lowest BCUT2D eigenvalue weighted by atomic mass is 10.1. The quantitative estimate of drug-likeness (QED) is 0.505. The topological polar surface area (TPSA) is 49.9 Å². The van der Waals surface area contributed by atoms with Crippen LogP contribution in [-0.2, 0) is 6.18 Å². The van der Waals surface area contributed by atoms with Crippen molar-refractivity contribution in [2.24, 2.45) is 5.73 Å². The first kappa shape index (κ1) is 15.4. The Labute approximate surface area is 122 Å². The molecule has 0 unspecified atom stereocenters. The van der Waals surface area contributed by atoms with Crippen LogP contribution in [0.25, 0.3) is 0 Å². The van der Waals surface area contributed by atoms with E-state index in [0.29, 0.717) is 9.79 Å². The molecule has 0 atom stereocenters. The Morgan fingerprint density at radius 2 is 1.57 bits per heavy atom. The van der Waals surface area contributed by atoms with Crippen molar-refractivity contribution >= 4 is 17.6 Å². The number of nitrogen functional groups attached to an aromatic ring is 1. The molecule has 3 N–H and O–H groups in total. The third-order valence-electron chi connectivity index (χ3n) is 2.64. The zero-order chi connectivity index (χ0) is 15.6. The summed E-state index contributed by atoms with van der Waals surface area (Å²) < 4.78 is 51.7. The lowest BCUT2D eigenvalue weighted by molar-refractivity contribution is -0.137. The fourth-order valence-corrected chi connectivity index (χ4v) is 2.55. The summed E-state index contributed by atoms with van der Waals surface area (Å²) in [5, 5.41) is 7.20. The van der Waals surface area contributed by atoms with E-state index in [2.05, 4.69) is 0 Å². The minimum Gasteiger partial charge on any atom is -0.384 e. The Hall–Kier alpha value is -2.02. The second kappa shape index (κ2) is 5.77. The van der Waals surface area contributed by atoms with E-state index in [-0.39, 0.29) is 5.56 Å². The number of nitrogens with one attached hydrogen (secondary N) is 1. The zero-order valence-corrected chi connectivity index (χ0v) is 11.4. The average Bonchev–Trinajstić information content (AvgIpc) is 2.40. The van der Waals surface area contributed by atoms with Gasteiger partial charge < -0.3 is 5.73 Å². The van der Waals surface area contributed by atoms with Crippen LogP contribution in [0.5, 0.6) is 0 Å². The standard InChI is InChI=1S/C14H10F4N2S/c15-8-1-3-9(4-2-8)21-10-5-6-11(13(19)20)12(7-10)14(16,17)18/h1-7H,(H3,19,20). The normalized spacial score (nSPS) is 11.4. The van der Waals surface area contributed by atoms with E-state index in [1.807, 2.05) is 0 Å². The SMILES string of the molecule is N=C(N)c1ccc(Sc2ccc(F)cc2)cc1C(F)(F)F. The van der Waals surface area contributed by atoms with Gasteiger partial charge in [-0.15, -0.1) is 0 Å². The monoisotopic (exact) mass is 314 g/mol. The summed E-state index contributed by atoms with van der Waals surface area (Å²) >= 11 is 1.07. The largest absolute Gasteiger partial charge is 0.417 e. The number of amidine groups is 1. The summed E-state index contributed by atoms with van der Waals surface area (Å²) in [6.07, 6.45) is -4.60. The minimum atomic E-state index is -4.60. The average molecular weight is 314 g/mol. The molecule has 0 bridgehead atoms. The van der Waals surface area contributed by atoms with E-state index in [4.69, 9.17) is 11.1 Å². The molecule has 0 aliphatic carbocycles. The van der Waals surface area contributed by atoms with Crippen LogP contribution in [-0.4, -0.2) is 5.84 Å². The molecule has 0 aromatic heterocycles. The molecule has 0 saturated carbocycles. The van der Waals surface area contributed by atoms with Crippen molar-refractivity contribution in [2.45, 2.75) is 16.0 Å².